The normalized spacial score (nSPS) is 17.1. The Morgan fingerprint density at radius 2 is 2.12 bits per heavy atom. The van der Waals surface area contributed by atoms with Gasteiger partial charge in [-0.3, -0.25) is 0 Å². The lowest BCUT2D eigenvalue weighted by Crippen LogP contribution is -2.43. The number of nitrogens with zero attached hydrogens (tertiary/aromatic N) is 2. The summed E-state index contributed by atoms with van der Waals surface area (Å²) >= 11 is 1.71. The highest BCUT2D eigenvalue weighted by Crippen LogP contribution is 2.26. The number of anilines is 1. The van der Waals surface area contributed by atoms with Crippen LogP contribution in [0.1, 0.15) is 37.1 Å². The lowest BCUT2D eigenvalue weighted by Gasteiger charge is -2.34. The molecule has 0 radical (unpaired) electrons. The topological polar surface area (TPSA) is 37.4 Å². The van der Waals surface area contributed by atoms with Crippen molar-refractivity contribution < 1.29 is 9.13 Å². The van der Waals surface area contributed by atoms with Gasteiger partial charge in [-0.1, -0.05) is 6.07 Å². The van der Waals surface area contributed by atoms with E-state index in [4.69, 9.17) is 4.74 Å². The van der Waals surface area contributed by atoms with Crippen LogP contribution >= 0.6 is 11.3 Å². The Labute approximate surface area is 146 Å². The summed E-state index contributed by atoms with van der Waals surface area (Å²) in [5, 5.41) is 6.84. The second-order valence-electron chi connectivity index (χ2n) is 6.32. The number of hydrogen-bond acceptors (Lipinski definition) is 5. The van der Waals surface area contributed by atoms with Gasteiger partial charge in [0.2, 0.25) is 0 Å². The van der Waals surface area contributed by atoms with Crippen LogP contribution in [0.5, 0.6) is 5.75 Å². The van der Waals surface area contributed by atoms with Crippen molar-refractivity contribution in [3.05, 3.63) is 40.7 Å². The fraction of sp³-hybridized carbons (Fsp3) is 0.500. The van der Waals surface area contributed by atoms with Crippen LogP contribution in [-0.4, -0.2) is 31.2 Å². The summed E-state index contributed by atoms with van der Waals surface area (Å²) < 4.78 is 18.8. The third kappa shape index (κ3) is 3.87. The van der Waals surface area contributed by atoms with E-state index in [9.17, 15) is 4.39 Å². The Hall–Kier alpha value is -1.66. The third-order valence-corrected chi connectivity index (χ3v) is 5.55. The van der Waals surface area contributed by atoms with Crippen LogP contribution in [0.2, 0.25) is 0 Å². The Morgan fingerprint density at radius 1 is 1.38 bits per heavy atom. The Balaban J connectivity index is 1.54. The summed E-state index contributed by atoms with van der Waals surface area (Å²) in [6, 6.07) is 5.74. The number of methoxy groups -OCH3 is 1. The predicted octanol–water partition coefficient (Wildman–Crippen LogP) is 3.92. The van der Waals surface area contributed by atoms with Gasteiger partial charge in [0.05, 0.1) is 12.8 Å². The van der Waals surface area contributed by atoms with Crippen molar-refractivity contribution in [2.24, 2.45) is 0 Å². The molecule has 4 nitrogen and oxygen atoms in total. The van der Waals surface area contributed by atoms with E-state index in [1.54, 1.807) is 23.5 Å². The average Bonchev–Trinajstić information content (AvgIpc) is 3.02. The van der Waals surface area contributed by atoms with Gasteiger partial charge < -0.3 is 15.0 Å². The summed E-state index contributed by atoms with van der Waals surface area (Å²) in [7, 11) is 1.48. The monoisotopic (exact) mass is 349 g/mol. The number of piperidine rings is 1. The maximum absolute atomic E-state index is 13.9. The molecular formula is C18H24FN3OS. The van der Waals surface area contributed by atoms with Gasteiger partial charge in [0.15, 0.2) is 16.7 Å². The van der Waals surface area contributed by atoms with Crippen molar-refractivity contribution in [2.75, 3.05) is 25.1 Å². The third-order valence-electron chi connectivity index (χ3n) is 4.53. The van der Waals surface area contributed by atoms with Crippen LogP contribution < -0.4 is 15.0 Å². The maximum atomic E-state index is 13.9. The fourth-order valence-corrected chi connectivity index (χ4v) is 3.98. The summed E-state index contributed by atoms with van der Waals surface area (Å²) in [5.74, 6) is -0.0180. The van der Waals surface area contributed by atoms with E-state index in [0.717, 1.165) is 42.3 Å². The van der Waals surface area contributed by atoms with Gasteiger partial charge in [-0.2, -0.15) is 0 Å². The minimum atomic E-state index is -0.308. The second kappa shape index (κ2) is 7.49. The first-order valence-corrected chi connectivity index (χ1v) is 9.21. The number of rotatable bonds is 5. The van der Waals surface area contributed by atoms with Gasteiger partial charge in [-0.15, -0.1) is 11.3 Å². The number of halogens is 1. The molecule has 0 bridgehead atoms. The molecule has 1 atom stereocenters. The molecule has 1 aliphatic heterocycles. The van der Waals surface area contributed by atoms with Crippen LogP contribution in [-0.2, 0) is 0 Å². The van der Waals surface area contributed by atoms with Crippen molar-refractivity contribution >= 4 is 16.5 Å². The molecule has 0 spiro atoms. The zero-order valence-electron chi connectivity index (χ0n) is 14.4. The van der Waals surface area contributed by atoms with E-state index in [-0.39, 0.29) is 17.6 Å². The van der Waals surface area contributed by atoms with Crippen molar-refractivity contribution in [1.29, 1.82) is 0 Å². The number of benzene rings is 1. The smallest absolute Gasteiger partial charge is 0.185 e. The molecule has 0 saturated carbocycles. The van der Waals surface area contributed by atoms with Crippen LogP contribution in [0, 0.1) is 12.7 Å². The van der Waals surface area contributed by atoms with E-state index in [1.807, 2.05) is 13.0 Å². The molecule has 1 aliphatic rings. The number of nitrogens with one attached hydrogen (secondary N) is 1. The average molecular weight is 349 g/mol. The van der Waals surface area contributed by atoms with Crippen molar-refractivity contribution in [3.8, 4) is 5.75 Å². The quantitative estimate of drug-likeness (QED) is 0.888. The number of thiazole rings is 1. The summed E-state index contributed by atoms with van der Waals surface area (Å²) in [6.07, 6.45) is 2.14. The largest absolute Gasteiger partial charge is 0.494 e. The zero-order chi connectivity index (χ0) is 17.1. The van der Waals surface area contributed by atoms with Crippen molar-refractivity contribution in [3.63, 3.8) is 0 Å². The van der Waals surface area contributed by atoms with Gasteiger partial charge in [0.25, 0.3) is 0 Å². The summed E-state index contributed by atoms with van der Waals surface area (Å²) in [5.41, 5.74) is 2.04. The molecule has 0 unspecified atom stereocenters. The standard InChI is InChI=1S/C18H24FN3OS/c1-12-11-24-18(20-12)22-8-6-15(7-9-22)21-13(2)14-4-5-17(23-3)16(19)10-14/h4-5,10-11,13,15,21H,6-9H2,1-3H3/t13-/m0/s1. The molecule has 1 aromatic heterocycles. The molecule has 24 heavy (non-hydrogen) atoms. The molecule has 1 fully saturated rings. The molecule has 130 valence electrons. The van der Waals surface area contributed by atoms with E-state index in [1.165, 1.54) is 7.11 Å². The first-order valence-electron chi connectivity index (χ1n) is 8.33. The van der Waals surface area contributed by atoms with E-state index < -0.39 is 0 Å². The maximum Gasteiger partial charge on any atom is 0.185 e. The van der Waals surface area contributed by atoms with E-state index in [2.05, 4.69) is 27.5 Å². The number of ether oxygens (including phenoxy) is 1. The highest BCUT2D eigenvalue weighted by Gasteiger charge is 2.22. The molecule has 0 amide bonds. The molecule has 1 aromatic carbocycles. The van der Waals surface area contributed by atoms with Gasteiger partial charge in [0.1, 0.15) is 0 Å². The van der Waals surface area contributed by atoms with Crippen molar-refractivity contribution in [1.82, 2.24) is 10.3 Å². The summed E-state index contributed by atoms with van der Waals surface area (Å²) in [4.78, 5) is 6.92. The van der Waals surface area contributed by atoms with Gasteiger partial charge in [-0.05, 0) is 44.4 Å². The van der Waals surface area contributed by atoms with Crippen LogP contribution in [0.3, 0.4) is 0 Å². The predicted molar refractivity (Wildman–Crippen MR) is 96.6 cm³/mol. The number of aryl methyl sites for hydroxylation is 1. The Kier molecular flexibility index (Phi) is 5.36. The molecule has 6 heteroatoms. The molecule has 2 aromatic rings. The highest BCUT2D eigenvalue weighted by atomic mass is 32.1. The Morgan fingerprint density at radius 3 is 2.71 bits per heavy atom. The Bertz CT molecular complexity index is 683. The molecule has 0 aliphatic carbocycles. The lowest BCUT2D eigenvalue weighted by molar-refractivity contribution is 0.374. The molecule has 2 heterocycles. The van der Waals surface area contributed by atoms with Crippen molar-refractivity contribution in [2.45, 2.75) is 38.8 Å². The lowest BCUT2D eigenvalue weighted by atomic mass is 10.0. The van der Waals surface area contributed by atoms with Crippen LogP contribution in [0.25, 0.3) is 0 Å². The van der Waals surface area contributed by atoms with Gasteiger partial charge in [-0.25, -0.2) is 9.37 Å². The van der Waals surface area contributed by atoms with Crippen LogP contribution in [0.15, 0.2) is 23.6 Å². The number of aromatic nitrogens is 1. The molecule has 1 N–H and O–H groups in total. The van der Waals surface area contributed by atoms with Crippen LogP contribution in [0.4, 0.5) is 9.52 Å². The SMILES string of the molecule is COc1ccc([C@H](C)NC2CCN(c3nc(C)cs3)CC2)cc1F. The highest BCUT2D eigenvalue weighted by molar-refractivity contribution is 7.13. The molecular weight excluding hydrogens is 325 g/mol. The fourth-order valence-electron chi connectivity index (χ4n) is 3.13. The first kappa shape index (κ1) is 17.2. The molecule has 1 saturated heterocycles. The number of hydrogen-bond donors (Lipinski definition) is 1. The van der Waals surface area contributed by atoms with E-state index in [0.29, 0.717) is 6.04 Å². The minimum Gasteiger partial charge on any atom is -0.494 e. The van der Waals surface area contributed by atoms with E-state index >= 15 is 0 Å². The molecule has 3 rings (SSSR count). The van der Waals surface area contributed by atoms with Gasteiger partial charge >= 0.3 is 0 Å². The summed E-state index contributed by atoms with van der Waals surface area (Å²) in [6.45, 7) is 6.13. The zero-order valence-corrected chi connectivity index (χ0v) is 15.2. The van der Waals surface area contributed by atoms with Gasteiger partial charge in [0, 0.05) is 30.6 Å². The minimum absolute atomic E-state index is 0.115. The first-order chi connectivity index (χ1) is 11.6. The second-order valence-corrected chi connectivity index (χ2v) is 7.15.